The van der Waals surface area contributed by atoms with Crippen LogP contribution in [0, 0.1) is 5.92 Å². The topological polar surface area (TPSA) is 58.4 Å². The molecule has 0 aromatic carbocycles. The molecule has 106 valence electrons. The van der Waals surface area contributed by atoms with E-state index in [0.29, 0.717) is 31.5 Å². The first-order valence-electron chi connectivity index (χ1n) is 5.60. The second-order valence-electron chi connectivity index (χ2n) is 4.59. The fraction of sp³-hybridized carbons (Fsp3) is 0.909. The third-order valence-corrected chi connectivity index (χ3v) is 2.38. The van der Waals surface area contributed by atoms with E-state index in [4.69, 9.17) is 5.73 Å². The molecule has 0 bridgehead atoms. The van der Waals surface area contributed by atoms with Gasteiger partial charge in [0.2, 0.25) is 5.91 Å². The number of amides is 1. The Morgan fingerprint density at radius 1 is 1.29 bits per heavy atom. The lowest BCUT2D eigenvalue weighted by atomic mass is 10.0. The van der Waals surface area contributed by atoms with Crippen LogP contribution in [0.3, 0.4) is 0 Å². The number of rotatable bonds is 7. The molecule has 0 heterocycles. The van der Waals surface area contributed by atoms with E-state index in [-0.39, 0.29) is 30.7 Å². The van der Waals surface area contributed by atoms with Crippen molar-refractivity contribution in [3.05, 3.63) is 0 Å². The van der Waals surface area contributed by atoms with Crippen LogP contribution in [0.2, 0.25) is 0 Å². The van der Waals surface area contributed by atoms with Gasteiger partial charge in [-0.25, -0.2) is 0 Å². The van der Waals surface area contributed by atoms with Gasteiger partial charge in [0, 0.05) is 25.6 Å². The molecule has 1 atom stereocenters. The second-order valence-corrected chi connectivity index (χ2v) is 4.59. The van der Waals surface area contributed by atoms with Crippen molar-refractivity contribution < 1.29 is 4.79 Å². The van der Waals surface area contributed by atoms with E-state index in [1.165, 1.54) is 0 Å². The monoisotopic (exact) mass is 287 g/mol. The molecule has 0 aromatic rings. The Morgan fingerprint density at radius 2 is 1.82 bits per heavy atom. The van der Waals surface area contributed by atoms with Gasteiger partial charge in [0.05, 0.1) is 0 Å². The summed E-state index contributed by atoms with van der Waals surface area (Å²) in [6.45, 7) is 5.52. The van der Waals surface area contributed by atoms with E-state index >= 15 is 0 Å². The van der Waals surface area contributed by atoms with Crippen LogP contribution >= 0.6 is 24.8 Å². The van der Waals surface area contributed by atoms with Crippen molar-refractivity contribution in [2.45, 2.75) is 32.7 Å². The number of carbonyl (C=O) groups is 1. The summed E-state index contributed by atoms with van der Waals surface area (Å²) in [6.07, 6.45) is 1.51. The third kappa shape index (κ3) is 12.2. The molecule has 0 rings (SSSR count). The largest absolute Gasteiger partial charge is 0.354 e. The molecule has 0 aliphatic heterocycles. The molecular weight excluding hydrogens is 261 g/mol. The molecule has 1 amide bonds. The maximum atomic E-state index is 11.2. The van der Waals surface area contributed by atoms with Gasteiger partial charge >= 0.3 is 0 Å². The van der Waals surface area contributed by atoms with Crippen molar-refractivity contribution in [2.24, 2.45) is 11.7 Å². The van der Waals surface area contributed by atoms with Crippen LogP contribution in [0.15, 0.2) is 0 Å². The fourth-order valence-corrected chi connectivity index (χ4v) is 1.47. The molecule has 3 N–H and O–H groups in total. The predicted octanol–water partition coefficient (Wildman–Crippen LogP) is 1.27. The smallest absolute Gasteiger partial charge is 0.221 e. The molecule has 0 aliphatic carbocycles. The molecular formula is C11H27Cl2N3O. The van der Waals surface area contributed by atoms with Gasteiger partial charge in [0.1, 0.15) is 0 Å². The van der Waals surface area contributed by atoms with E-state index < -0.39 is 0 Å². The summed E-state index contributed by atoms with van der Waals surface area (Å²) < 4.78 is 0. The average molecular weight is 288 g/mol. The molecule has 4 nitrogen and oxygen atoms in total. The van der Waals surface area contributed by atoms with Gasteiger partial charge in [-0.3, -0.25) is 4.79 Å². The number of hydrogen-bond donors (Lipinski definition) is 2. The summed E-state index contributed by atoms with van der Waals surface area (Å²) in [5.41, 5.74) is 5.31. The van der Waals surface area contributed by atoms with E-state index in [1.807, 2.05) is 14.1 Å². The SMILES string of the molecule is CC(C)CC(CNC(=O)CCN)N(C)C.Cl.Cl. The predicted molar refractivity (Wildman–Crippen MR) is 78.1 cm³/mol. The summed E-state index contributed by atoms with van der Waals surface area (Å²) in [4.78, 5) is 13.4. The standard InChI is InChI=1S/C11H25N3O.2ClH/c1-9(2)7-10(14(3)4)8-13-11(15)5-6-12;;/h9-10H,5-8,12H2,1-4H3,(H,13,15);2*1H. The first kappa shape index (κ1) is 22.2. The normalized spacial score (nSPS) is 11.7. The van der Waals surface area contributed by atoms with Crippen LogP contribution in [0.5, 0.6) is 0 Å². The average Bonchev–Trinajstić information content (AvgIpc) is 2.11. The Kier molecular flexibility index (Phi) is 16.2. The van der Waals surface area contributed by atoms with Crippen LogP contribution in [0.4, 0.5) is 0 Å². The summed E-state index contributed by atoms with van der Waals surface area (Å²) in [5, 5.41) is 2.91. The molecule has 0 aliphatic rings. The molecule has 0 saturated carbocycles. The number of hydrogen-bond acceptors (Lipinski definition) is 3. The summed E-state index contributed by atoms with van der Waals surface area (Å²) >= 11 is 0. The minimum Gasteiger partial charge on any atom is -0.354 e. The Labute approximate surface area is 118 Å². The molecule has 0 spiro atoms. The fourth-order valence-electron chi connectivity index (χ4n) is 1.47. The van der Waals surface area contributed by atoms with Gasteiger partial charge in [0.15, 0.2) is 0 Å². The quantitative estimate of drug-likeness (QED) is 0.742. The van der Waals surface area contributed by atoms with Gasteiger partial charge in [-0.15, -0.1) is 24.8 Å². The zero-order valence-corrected chi connectivity index (χ0v) is 12.9. The zero-order chi connectivity index (χ0) is 11.8. The van der Waals surface area contributed by atoms with Crippen molar-refractivity contribution in [3.63, 3.8) is 0 Å². The minimum absolute atomic E-state index is 0. The molecule has 0 radical (unpaired) electrons. The van der Waals surface area contributed by atoms with Crippen molar-refractivity contribution >= 4 is 30.7 Å². The highest BCUT2D eigenvalue weighted by Crippen LogP contribution is 2.07. The molecule has 0 aromatic heterocycles. The molecule has 0 saturated heterocycles. The first-order valence-corrected chi connectivity index (χ1v) is 5.60. The highest BCUT2D eigenvalue weighted by atomic mass is 35.5. The van der Waals surface area contributed by atoms with Crippen molar-refractivity contribution in [1.29, 1.82) is 0 Å². The lowest BCUT2D eigenvalue weighted by Crippen LogP contribution is -2.41. The van der Waals surface area contributed by atoms with Crippen molar-refractivity contribution in [3.8, 4) is 0 Å². The van der Waals surface area contributed by atoms with Crippen LogP contribution in [-0.2, 0) is 4.79 Å². The molecule has 17 heavy (non-hydrogen) atoms. The maximum Gasteiger partial charge on any atom is 0.221 e. The Balaban J connectivity index is -0.000000980. The van der Waals surface area contributed by atoms with E-state index in [0.717, 1.165) is 6.42 Å². The van der Waals surface area contributed by atoms with E-state index in [9.17, 15) is 4.79 Å². The maximum absolute atomic E-state index is 11.2. The molecule has 1 unspecified atom stereocenters. The summed E-state index contributed by atoms with van der Waals surface area (Å²) in [6, 6.07) is 0.409. The molecule has 0 fully saturated rings. The van der Waals surface area contributed by atoms with Crippen LogP contribution < -0.4 is 11.1 Å². The van der Waals surface area contributed by atoms with Gasteiger partial charge in [0.25, 0.3) is 0 Å². The van der Waals surface area contributed by atoms with Crippen LogP contribution in [0.25, 0.3) is 0 Å². The van der Waals surface area contributed by atoms with Gasteiger partial charge in [-0.05, 0) is 26.4 Å². The number of nitrogens with zero attached hydrogens (tertiary/aromatic N) is 1. The van der Waals surface area contributed by atoms with Crippen molar-refractivity contribution in [1.82, 2.24) is 10.2 Å². The van der Waals surface area contributed by atoms with Gasteiger partial charge in [-0.1, -0.05) is 13.8 Å². The zero-order valence-electron chi connectivity index (χ0n) is 11.2. The van der Waals surface area contributed by atoms with Gasteiger partial charge in [-0.2, -0.15) is 0 Å². The Hall–Kier alpha value is -0.0300. The van der Waals surface area contributed by atoms with E-state index in [2.05, 4.69) is 24.1 Å². The minimum atomic E-state index is 0. The first-order chi connectivity index (χ1) is 6.97. The second kappa shape index (κ2) is 12.4. The number of nitrogens with one attached hydrogen (secondary N) is 1. The summed E-state index contributed by atoms with van der Waals surface area (Å²) in [7, 11) is 4.09. The molecule has 6 heteroatoms. The lowest BCUT2D eigenvalue weighted by Gasteiger charge is -2.26. The van der Waals surface area contributed by atoms with E-state index in [1.54, 1.807) is 0 Å². The van der Waals surface area contributed by atoms with Crippen LogP contribution in [0.1, 0.15) is 26.7 Å². The Bertz CT molecular complexity index is 190. The van der Waals surface area contributed by atoms with Crippen LogP contribution in [-0.4, -0.2) is 44.0 Å². The number of nitrogens with two attached hydrogens (primary N) is 1. The number of likely N-dealkylation sites (N-methyl/N-ethyl adjacent to an activating group) is 1. The number of carbonyl (C=O) groups excluding carboxylic acids is 1. The van der Waals surface area contributed by atoms with Gasteiger partial charge < -0.3 is 16.0 Å². The summed E-state index contributed by atoms with van der Waals surface area (Å²) in [5.74, 6) is 0.692. The lowest BCUT2D eigenvalue weighted by molar-refractivity contribution is -0.121. The number of halogens is 2. The highest BCUT2D eigenvalue weighted by Gasteiger charge is 2.13. The Morgan fingerprint density at radius 3 is 2.18 bits per heavy atom. The van der Waals surface area contributed by atoms with Crippen molar-refractivity contribution in [2.75, 3.05) is 27.2 Å². The third-order valence-electron chi connectivity index (χ3n) is 2.38. The highest BCUT2D eigenvalue weighted by molar-refractivity contribution is 5.85.